The molecule has 29 heavy (non-hydrogen) atoms. The van der Waals surface area contributed by atoms with Crippen LogP contribution in [0, 0.1) is 30.2 Å². The molecule has 0 aromatic heterocycles. The van der Waals surface area contributed by atoms with Crippen molar-refractivity contribution in [1.82, 2.24) is 0 Å². The Labute approximate surface area is 161 Å². The van der Waals surface area contributed by atoms with Gasteiger partial charge in [0.05, 0.1) is 0 Å². The maximum absolute atomic E-state index is 14.6. The number of alkyl halides is 3. The van der Waals surface area contributed by atoms with Gasteiger partial charge in [-0.05, 0) is 54.0 Å². The fraction of sp³-hybridized carbons (Fsp3) is 0.0909. The van der Waals surface area contributed by atoms with Gasteiger partial charge in [-0.25, -0.2) is 17.6 Å². The van der Waals surface area contributed by atoms with E-state index in [0.717, 1.165) is 18.2 Å². The van der Waals surface area contributed by atoms with Crippen molar-refractivity contribution in [1.29, 1.82) is 0 Å². The minimum absolute atomic E-state index is 0.158. The summed E-state index contributed by atoms with van der Waals surface area (Å²) >= 11 is 0. The van der Waals surface area contributed by atoms with Crippen LogP contribution in [-0.2, 0) is 0 Å². The standard InChI is InChI=1S/C22H13F7/c1-12-2-4-15(18(23)8-12)13-3-5-16(19(24)9-13)14-10-20(25)17(21(26)11-14)6-7-22(27,28)29/h2-11H,1H3/b7-6+. The summed E-state index contributed by atoms with van der Waals surface area (Å²) in [7, 11) is 0. The molecule has 0 amide bonds. The average molecular weight is 410 g/mol. The van der Waals surface area contributed by atoms with E-state index in [2.05, 4.69) is 0 Å². The minimum atomic E-state index is -4.73. The normalized spacial score (nSPS) is 12.0. The number of aryl methyl sites for hydroxylation is 1. The van der Waals surface area contributed by atoms with Crippen molar-refractivity contribution < 1.29 is 30.7 Å². The smallest absolute Gasteiger partial charge is 0.206 e. The molecule has 0 saturated heterocycles. The van der Waals surface area contributed by atoms with Gasteiger partial charge in [-0.1, -0.05) is 24.3 Å². The zero-order valence-electron chi connectivity index (χ0n) is 14.9. The minimum Gasteiger partial charge on any atom is -0.206 e. The zero-order valence-corrected chi connectivity index (χ0v) is 14.9. The first-order chi connectivity index (χ1) is 13.5. The molecular weight excluding hydrogens is 397 g/mol. The fourth-order valence-electron chi connectivity index (χ4n) is 2.85. The lowest BCUT2D eigenvalue weighted by atomic mass is 9.97. The van der Waals surface area contributed by atoms with Crippen molar-refractivity contribution in [2.24, 2.45) is 0 Å². The number of hydrogen-bond acceptors (Lipinski definition) is 0. The number of benzene rings is 3. The summed E-state index contributed by atoms with van der Waals surface area (Å²) in [5.74, 6) is -3.95. The van der Waals surface area contributed by atoms with Crippen molar-refractivity contribution in [3.8, 4) is 22.3 Å². The molecule has 0 aliphatic heterocycles. The van der Waals surface area contributed by atoms with Crippen LogP contribution in [0.2, 0.25) is 0 Å². The molecule has 3 rings (SSSR count). The molecule has 0 aliphatic rings. The number of allylic oxidation sites excluding steroid dienone is 1. The highest BCUT2D eigenvalue weighted by Crippen LogP contribution is 2.32. The molecule has 0 nitrogen and oxygen atoms in total. The van der Waals surface area contributed by atoms with Gasteiger partial charge in [0, 0.05) is 22.8 Å². The first-order valence-electron chi connectivity index (χ1n) is 8.36. The van der Waals surface area contributed by atoms with Gasteiger partial charge in [-0.2, -0.15) is 13.2 Å². The summed E-state index contributed by atoms with van der Waals surface area (Å²) in [6.45, 7) is 1.70. The van der Waals surface area contributed by atoms with E-state index < -0.39 is 35.0 Å². The van der Waals surface area contributed by atoms with E-state index in [0.29, 0.717) is 5.56 Å². The van der Waals surface area contributed by atoms with E-state index >= 15 is 0 Å². The van der Waals surface area contributed by atoms with E-state index in [9.17, 15) is 30.7 Å². The summed E-state index contributed by atoms with van der Waals surface area (Å²) in [5, 5.41) is 0. The first kappa shape index (κ1) is 20.6. The summed E-state index contributed by atoms with van der Waals surface area (Å²) in [6.07, 6.45) is -4.75. The molecule has 0 N–H and O–H groups in total. The molecular formula is C22H13F7. The van der Waals surface area contributed by atoms with E-state index in [-0.39, 0.29) is 34.4 Å². The van der Waals surface area contributed by atoms with Crippen molar-refractivity contribution in [3.05, 3.63) is 89.0 Å². The Hall–Kier alpha value is -3.09. The van der Waals surface area contributed by atoms with Crippen molar-refractivity contribution in [2.45, 2.75) is 13.1 Å². The molecule has 7 heteroatoms. The number of halogens is 7. The van der Waals surface area contributed by atoms with Crippen LogP contribution in [0.15, 0.2) is 54.6 Å². The number of rotatable bonds is 3. The lowest BCUT2D eigenvalue weighted by Gasteiger charge is -2.10. The van der Waals surface area contributed by atoms with Crippen LogP contribution in [0.5, 0.6) is 0 Å². The third-order valence-corrected chi connectivity index (χ3v) is 4.23. The summed E-state index contributed by atoms with van der Waals surface area (Å²) in [5.41, 5.74) is -0.178. The lowest BCUT2D eigenvalue weighted by molar-refractivity contribution is -0.0790. The Bertz CT molecular complexity index is 1070. The number of hydrogen-bond donors (Lipinski definition) is 0. The largest absolute Gasteiger partial charge is 0.409 e. The maximum atomic E-state index is 14.6. The Morgan fingerprint density at radius 2 is 1.17 bits per heavy atom. The van der Waals surface area contributed by atoms with Gasteiger partial charge < -0.3 is 0 Å². The molecule has 0 bridgehead atoms. The van der Waals surface area contributed by atoms with Gasteiger partial charge in [0.15, 0.2) is 0 Å². The van der Waals surface area contributed by atoms with E-state index in [4.69, 9.17) is 0 Å². The van der Waals surface area contributed by atoms with Crippen LogP contribution in [0.1, 0.15) is 11.1 Å². The highest BCUT2D eigenvalue weighted by molar-refractivity contribution is 5.72. The molecule has 150 valence electrons. The highest BCUT2D eigenvalue weighted by Gasteiger charge is 2.23. The average Bonchev–Trinajstić information content (AvgIpc) is 2.59. The molecule has 0 aliphatic carbocycles. The quantitative estimate of drug-likeness (QED) is 0.393. The van der Waals surface area contributed by atoms with Crippen LogP contribution < -0.4 is 0 Å². The Kier molecular flexibility index (Phi) is 5.50. The van der Waals surface area contributed by atoms with Gasteiger partial charge in [0.25, 0.3) is 0 Å². The second-order valence-electron chi connectivity index (χ2n) is 6.41. The zero-order chi connectivity index (χ0) is 21.3. The Balaban J connectivity index is 2.00. The second kappa shape index (κ2) is 7.73. The van der Waals surface area contributed by atoms with Crippen LogP contribution in [0.25, 0.3) is 28.3 Å². The fourth-order valence-corrected chi connectivity index (χ4v) is 2.85. The molecule has 3 aromatic rings. The molecule has 0 saturated carbocycles. The van der Waals surface area contributed by atoms with Crippen LogP contribution >= 0.6 is 0 Å². The van der Waals surface area contributed by atoms with Gasteiger partial charge >= 0.3 is 6.18 Å². The van der Waals surface area contributed by atoms with Crippen molar-refractivity contribution in [3.63, 3.8) is 0 Å². The molecule has 0 radical (unpaired) electrons. The van der Waals surface area contributed by atoms with Crippen LogP contribution in [0.4, 0.5) is 30.7 Å². The van der Waals surface area contributed by atoms with E-state index in [1.54, 1.807) is 13.0 Å². The van der Waals surface area contributed by atoms with Gasteiger partial charge in [-0.15, -0.1) is 0 Å². The molecule has 0 fully saturated rings. The molecule has 0 atom stereocenters. The highest BCUT2D eigenvalue weighted by atomic mass is 19.4. The third kappa shape index (κ3) is 4.67. The molecule has 0 heterocycles. The predicted octanol–water partition coefficient (Wildman–Crippen LogP) is 7.46. The summed E-state index contributed by atoms with van der Waals surface area (Å²) < 4.78 is 93.5. The summed E-state index contributed by atoms with van der Waals surface area (Å²) in [6, 6.07) is 9.55. The van der Waals surface area contributed by atoms with E-state index in [1.807, 2.05) is 0 Å². The SMILES string of the molecule is Cc1ccc(-c2ccc(-c3cc(F)c(/C=C/C(F)(F)F)c(F)c3)c(F)c2)c(F)c1. The van der Waals surface area contributed by atoms with Crippen molar-refractivity contribution >= 4 is 6.08 Å². The predicted molar refractivity (Wildman–Crippen MR) is 97.0 cm³/mol. The second-order valence-corrected chi connectivity index (χ2v) is 6.41. The maximum Gasteiger partial charge on any atom is 0.409 e. The van der Waals surface area contributed by atoms with Gasteiger partial charge in [0.1, 0.15) is 23.3 Å². The topological polar surface area (TPSA) is 0 Å². The summed E-state index contributed by atoms with van der Waals surface area (Å²) in [4.78, 5) is 0. The third-order valence-electron chi connectivity index (χ3n) is 4.23. The molecule has 0 spiro atoms. The Morgan fingerprint density at radius 3 is 1.72 bits per heavy atom. The molecule has 3 aromatic carbocycles. The van der Waals surface area contributed by atoms with Crippen LogP contribution in [0.3, 0.4) is 0 Å². The van der Waals surface area contributed by atoms with Crippen LogP contribution in [-0.4, -0.2) is 6.18 Å². The molecule has 0 unspecified atom stereocenters. The van der Waals surface area contributed by atoms with Gasteiger partial charge in [-0.3, -0.25) is 0 Å². The Morgan fingerprint density at radius 1 is 0.655 bits per heavy atom. The van der Waals surface area contributed by atoms with E-state index in [1.165, 1.54) is 24.3 Å². The monoisotopic (exact) mass is 410 g/mol. The van der Waals surface area contributed by atoms with Gasteiger partial charge in [0.2, 0.25) is 0 Å². The first-order valence-corrected chi connectivity index (χ1v) is 8.36. The van der Waals surface area contributed by atoms with Crippen molar-refractivity contribution in [2.75, 3.05) is 0 Å². The lowest BCUT2D eigenvalue weighted by Crippen LogP contribution is -2.01.